The molecule has 360 valence electrons. The maximum absolute atomic E-state index is 13.7. The second kappa shape index (κ2) is 36.0. The van der Waals surface area contributed by atoms with E-state index < -0.39 is 6.10 Å². The van der Waals surface area contributed by atoms with Gasteiger partial charge in [0.15, 0.2) is 0 Å². The summed E-state index contributed by atoms with van der Waals surface area (Å²) in [5.41, 5.74) is 7.88. The lowest BCUT2D eigenvalue weighted by Crippen LogP contribution is -2.55. The maximum Gasteiger partial charge on any atom is 0.240 e. The van der Waals surface area contributed by atoms with Crippen LogP contribution in [0.5, 0.6) is 0 Å². The average molecular weight is 877 g/mol. The summed E-state index contributed by atoms with van der Waals surface area (Å²) in [4.78, 5) is 44.2. The van der Waals surface area contributed by atoms with Crippen LogP contribution in [0.1, 0.15) is 144 Å². The van der Waals surface area contributed by atoms with Gasteiger partial charge in [-0.15, -0.1) is 5.10 Å². The van der Waals surface area contributed by atoms with Gasteiger partial charge in [-0.3, -0.25) is 14.4 Å². The third-order valence-electron chi connectivity index (χ3n) is 10.9. The lowest BCUT2D eigenvalue weighted by Gasteiger charge is -2.38. The second-order valence-corrected chi connectivity index (χ2v) is 16.1. The summed E-state index contributed by atoms with van der Waals surface area (Å²) >= 11 is 0. The van der Waals surface area contributed by atoms with Crippen LogP contribution in [0, 0.1) is 18.8 Å². The van der Waals surface area contributed by atoms with Crippen molar-refractivity contribution in [1.29, 1.82) is 0 Å². The van der Waals surface area contributed by atoms with Gasteiger partial charge in [-0.1, -0.05) is 117 Å². The molecule has 62 heavy (non-hydrogen) atoms. The molecule has 0 saturated carbocycles. The molecule has 1 saturated heterocycles. The standard InChI is InChI=1S/C35H63N7O5.C7H8.2C2H6.CH5N.CH4O/c1-9-12-30(40(7)35(46)33(23(2)3)37-24(4)5)31(47-8)22-32(44)41-19-11-13-26(41)21-25(6)34(45)36-18-20-42-29-15-10-14-27(43)16-17-28(29)38-39-42;1-7-5-3-2-4-6-7;4*1-2/h23-27,30-31,33,37,43H,9-22H2,1-8H3,(H,36,45);2-6H,1H3;2*1-2H3;2H2,1H3;2H,1H3. The molecule has 4 rings (SSSR count). The number of ether oxygens (including phenoxy) is 1. The molecule has 1 fully saturated rings. The van der Waals surface area contributed by atoms with Gasteiger partial charge in [-0.25, -0.2) is 4.68 Å². The van der Waals surface area contributed by atoms with Crippen molar-refractivity contribution in [3.8, 4) is 0 Å². The number of nitrogens with zero attached hydrogens (tertiary/aromatic N) is 5. The van der Waals surface area contributed by atoms with E-state index in [0.29, 0.717) is 32.5 Å². The maximum atomic E-state index is 13.7. The number of aliphatic hydroxyl groups excluding tert-OH is 2. The molecule has 14 heteroatoms. The number of nitrogens with one attached hydrogen (secondary N) is 2. The molecule has 6 unspecified atom stereocenters. The van der Waals surface area contributed by atoms with E-state index >= 15 is 0 Å². The Morgan fingerprint density at radius 2 is 1.60 bits per heavy atom. The number of rotatable bonds is 17. The Kier molecular flexibility index (Phi) is 35.2. The number of amides is 3. The first-order valence-corrected chi connectivity index (χ1v) is 23.5. The van der Waals surface area contributed by atoms with Crippen LogP contribution in [0.15, 0.2) is 30.3 Å². The SMILES string of the molecule is CC.CC.CCCC(C(CC(=O)N1CCCC1CC(C)C(=O)NCCn1nnc2c1CCCC(O)CC2)OC)N(C)C(=O)C(NC(C)C)C(C)C.CN.CO.Cc1ccccc1. The molecule has 0 spiro atoms. The van der Waals surface area contributed by atoms with E-state index in [-0.39, 0.29) is 66.2 Å². The Balaban J connectivity index is 0. The van der Waals surface area contributed by atoms with E-state index in [2.05, 4.69) is 52.7 Å². The summed E-state index contributed by atoms with van der Waals surface area (Å²) in [7, 11) is 5.96. The summed E-state index contributed by atoms with van der Waals surface area (Å²) in [6.07, 6.45) is 7.43. The molecule has 0 radical (unpaired) electrons. The lowest BCUT2D eigenvalue weighted by atomic mass is 9.96. The van der Waals surface area contributed by atoms with Crippen LogP contribution < -0.4 is 16.4 Å². The molecule has 1 aliphatic carbocycles. The Bertz CT molecular complexity index is 1430. The minimum absolute atomic E-state index is 0.00400. The molecule has 6 atom stereocenters. The summed E-state index contributed by atoms with van der Waals surface area (Å²) in [6, 6.07) is 9.89. The molecule has 2 aliphatic rings. The Labute approximate surface area is 377 Å². The van der Waals surface area contributed by atoms with Gasteiger partial charge >= 0.3 is 0 Å². The summed E-state index contributed by atoms with van der Waals surface area (Å²) < 4.78 is 7.81. The normalized spacial score (nSPS) is 17.4. The number of nitrogens with two attached hydrogens (primary N) is 1. The molecule has 1 aromatic carbocycles. The van der Waals surface area contributed by atoms with Crippen molar-refractivity contribution >= 4 is 17.7 Å². The highest BCUT2D eigenvalue weighted by atomic mass is 16.5. The van der Waals surface area contributed by atoms with Gasteiger partial charge in [0.05, 0.1) is 48.6 Å². The van der Waals surface area contributed by atoms with E-state index in [1.807, 2.05) is 97.1 Å². The van der Waals surface area contributed by atoms with Gasteiger partial charge in [-0.05, 0) is 77.7 Å². The van der Waals surface area contributed by atoms with E-state index in [1.54, 1.807) is 12.0 Å². The van der Waals surface area contributed by atoms with E-state index in [0.717, 1.165) is 69.9 Å². The third-order valence-corrected chi connectivity index (χ3v) is 10.9. The van der Waals surface area contributed by atoms with Gasteiger partial charge in [-0.2, -0.15) is 0 Å². The predicted octanol–water partition coefficient (Wildman–Crippen LogP) is 6.33. The summed E-state index contributed by atoms with van der Waals surface area (Å²) in [5, 5.41) is 32.1. The Morgan fingerprint density at radius 1 is 0.968 bits per heavy atom. The van der Waals surface area contributed by atoms with Crippen molar-refractivity contribution in [2.24, 2.45) is 17.6 Å². The third kappa shape index (κ3) is 21.8. The van der Waals surface area contributed by atoms with E-state index in [1.165, 1.54) is 12.6 Å². The number of carbonyl (C=O) groups is 3. The zero-order valence-electron chi connectivity index (χ0n) is 41.7. The number of likely N-dealkylation sites (N-methyl/N-ethyl adjacent to an activating group) is 1. The topological polar surface area (TPSA) is 188 Å². The molecule has 14 nitrogen and oxygen atoms in total. The number of aromatic nitrogens is 3. The fourth-order valence-corrected chi connectivity index (χ4v) is 7.77. The predicted molar refractivity (Wildman–Crippen MR) is 255 cm³/mol. The zero-order valence-corrected chi connectivity index (χ0v) is 41.7. The van der Waals surface area contributed by atoms with Crippen molar-refractivity contribution in [2.75, 3.05) is 41.4 Å². The van der Waals surface area contributed by atoms with E-state index in [9.17, 15) is 19.5 Å². The Morgan fingerprint density at radius 3 is 2.13 bits per heavy atom. The first kappa shape index (κ1) is 60.7. The number of likely N-dealkylation sites (tertiary alicyclic amines) is 1. The van der Waals surface area contributed by atoms with Crippen LogP contribution >= 0.6 is 0 Å². The summed E-state index contributed by atoms with van der Waals surface area (Å²) in [6.45, 7) is 24.0. The number of hydrogen-bond acceptors (Lipinski definition) is 10. The van der Waals surface area contributed by atoms with Crippen LogP contribution in [0.25, 0.3) is 0 Å². The van der Waals surface area contributed by atoms with Gasteiger partial charge in [0.1, 0.15) is 0 Å². The molecular formula is C48H92N8O6. The minimum Gasteiger partial charge on any atom is -0.400 e. The van der Waals surface area contributed by atoms with Crippen LogP contribution in [0.4, 0.5) is 0 Å². The molecule has 1 aliphatic heterocycles. The molecule has 3 amide bonds. The number of benzene rings is 1. The highest BCUT2D eigenvalue weighted by Gasteiger charge is 2.37. The van der Waals surface area contributed by atoms with Crippen LogP contribution in [-0.2, 0) is 38.5 Å². The van der Waals surface area contributed by atoms with Gasteiger partial charge in [0, 0.05) is 52.4 Å². The van der Waals surface area contributed by atoms with Crippen molar-refractivity contribution < 1.29 is 29.3 Å². The first-order valence-electron chi connectivity index (χ1n) is 23.5. The van der Waals surface area contributed by atoms with Crippen molar-refractivity contribution in [1.82, 2.24) is 35.4 Å². The molecule has 0 bridgehead atoms. The van der Waals surface area contributed by atoms with Crippen molar-refractivity contribution in [3.05, 3.63) is 47.3 Å². The second-order valence-electron chi connectivity index (χ2n) is 16.1. The zero-order chi connectivity index (χ0) is 47.8. The molecule has 6 N–H and O–H groups in total. The van der Waals surface area contributed by atoms with Crippen LogP contribution in [0.3, 0.4) is 0 Å². The van der Waals surface area contributed by atoms with Crippen LogP contribution in [0.2, 0.25) is 0 Å². The van der Waals surface area contributed by atoms with E-state index in [4.69, 9.17) is 9.84 Å². The lowest BCUT2D eigenvalue weighted by molar-refractivity contribution is -0.143. The monoisotopic (exact) mass is 877 g/mol. The smallest absolute Gasteiger partial charge is 0.240 e. The molecule has 2 aromatic rings. The van der Waals surface area contributed by atoms with Crippen LogP contribution in [-0.4, -0.2) is 131 Å². The number of methoxy groups -OCH3 is 1. The highest BCUT2D eigenvalue weighted by Crippen LogP contribution is 2.27. The van der Waals surface area contributed by atoms with Crippen molar-refractivity contribution in [2.45, 2.75) is 190 Å². The van der Waals surface area contributed by atoms with Gasteiger partial charge in [0.25, 0.3) is 0 Å². The molecule has 2 heterocycles. The average Bonchev–Trinajstić information content (AvgIpc) is 3.91. The quantitative estimate of drug-likeness (QED) is 0.120. The number of hydrogen-bond donors (Lipinski definition) is 5. The minimum atomic E-state index is -0.425. The number of carbonyl (C=O) groups excluding carboxylic acids is 3. The molecular weight excluding hydrogens is 785 g/mol. The van der Waals surface area contributed by atoms with Gasteiger partial charge in [0.2, 0.25) is 17.7 Å². The Hall–Kier alpha value is -3.43. The highest BCUT2D eigenvalue weighted by molar-refractivity contribution is 5.83. The van der Waals surface area contributed by atoms with Gasteiger partial charge < -0.3 is 41.1 Å². The first-order chi connectivity index (χ1) is 29.8. The number of aliphatic hydroxyl groups is 2. The van der Waals surface area contributed by atoms with Crippen molar-refractivity contribution in [3.63, 3.8) is 0 Å². The number of aryl methyl sites for hydroxylation is 2. The fraction of sp³-hybridized carbons (Fsp3) is 0.771. The summed E-state index contributed by atoms with van der Waals surface area (Å²) in [5.74, 6) is -0.106. The molecule has 1 aromatic heterocycles. The largest absolute Gasteiger partial charge is 0.400 e. The fourth-order valence-electron chi connectivity index (χ4n) is 7.77. The number of fused-ring (bicyclic) bond motifs is 1.